The number of rotatable bonds is 3. The predicted octanol–water partition coefficient (Wildman–Crippen LogP) is 2.32. The zero-order valence-electron chi connectivity index (χ0n) is 10.9. The van der Waals surface area contributed by atoms with Crippen molar-refractivity contribution < 1.29 is 8.78 Å². The number of hydrogen-bond acceptors (Lipinski definition) is 2. The third-order valence-corrected chi connectivity index (χ3v) is 3.67. The molecule has 1 heterocycles. The Bertz CT molecular complexity index is 710. The summed E-state index contributed by atoms with van der Waals surface area (Å²) in [6.07, 6.45) is 3.30. The Hall–Kier alpha value is -2.04. The van der Waals surface area contributed by atoms with Crippen molar-refractivity contribution in [3.05, 3.63) is 62.8 Å². The molecule has 104 valence electrons. The van der Waals surface area contributed by atoms with Gasteiger partial charge in [0.25, 0.3) is 5.56 Å². The van der Waals surface area contributed by atoms with Crippen molar-refractivity contribution in [1.82, 2.24) is 9.97 Å². The van der Waals surface area contributed by atoms with Crippen LogP contribution in [0.1, 0.15) is 29.1 Å². The van der Waals surface area contributed by atoms with Crippen molar-refractivity contribution in [3.63, 3.8) is 0 Å². The Morgan fingerprint density at radius 3 is 2.90 bits per heavy atom. The molecule has 1 aliphatic carbocycles. The summed E-state index contributed by atoms with van der Waals surface area (Å²) in [7, 11) is 0. The lowest BCUT2D eigenvalue weighted by molar-refractivity contribution is 0.498. The molecule has 0 spiro atoms. The highest BCUT2D eigenvalue weighted by atomic mass is 19.2. The summed E-state index contributed by atoms with van der Waals surface area (Å²) in [5.41, 5.74) is 1.82. The van der Waals surface area contributed by atoms with E-state index in [0.29, 0.717) is 24.2 Å². The van der Waals surface area contributed by atoms with Crippen LogP contribution in [-0.4, -0.2) is 9.97 Å². The Kier molecular flexibility index (Phi) is 3.34. The van der Waals surface area contributed by atoms with E-state index in [9.17, 15) is 13.6 Å². The molecule has 0 fully saturated rings. The van der Waals surface area contributed by atoms with Crippen LogP contribution in [0.5, 0.6) is 0 Å². The first-order valence-electron chi connectivity index (χ1n) is 6.69. The fraction of sp³-hybridized carbons (Fsp3) is 0.333. The van der Waals surface area contributed by atoms with Crippen molar-refractivity contribution in [2.24, 2.45) is 0 Å². The Labute approximate surface area is 114 Å². The van der Waals surface area contributed by atoms with Crippen LogP contribution in [0.15, 0.2) is 23.0 Å². The second kappa shape index (κ2) is 5.15. The fourth-order valence-corrected chi connectivity index (χ4v) is 2.62. The minimum Gasteiger partial charge on any atom is -0.347 e. The van der Waals surface area contributed by atoms with Gasteiger partial charge in [0, 0.05) is 17.7 Å². The maximum absolute atomic E-state index is 13.5. The van der Waals surface area contributed by atoms with E-state index in [0.717, 1.165) is 36.6 Å². The van der Waals surface area contributed by atoms with Gasteiger partial charge in [-0.2, -0.15) is 4.98 Å². The van der Waals surface area contributed by atoms with Crippen LogP contribution in [0.3, 0.4) is 0 Å². The molecule has 0 bridgehead atoms. The molecular weight excluding hydrogens is 262 g/mol. The number of aromatic nitrogens is 2. The number of aromatic amines is 1. The largest absolute Gasteiger partial charge is 0.347 e. The van der Waals surface area contributed by atoms with Crippen LogP contribution >= 0.6 is 0 Å². The van der Waals surface area contributed by atoms with Gasteiger partial charge in [-0.05, 0) is 37.3 Å². The van der Waals surface area contributed by atoms with Crippen LogP contribution in [0.4, 0.5) is 8.78 Å². The standard InChI is InChI=1S/C15H14F2N2O/c16-11-5-1-3-9(14(11)17)7-8-13-18-12-6-2-4-10(12)15(20)19-13/h1,3,5H,2,4,6-8H2,(H,18,19,20). The highest BCUT2D eigenvalue weighted by molar-refractivity contribution is 5.24. The summed E-state index contributed by atoms with van der Waals surface area (Å²) in [6.45, 7) is 0. The second-order valence-corrected chi connectivity index (χ2v) is 5.01. The van der Waals surface area contributed by atoms with Gasteiger partial charge in [0.05, 0.1) is 0 Å². The molecule has 3 nitrogen and oxygen atoms in total. The minimum atomic E-state index is -0.849. The molecule has 3 rings (SSSR count). The fourth-order valence-electron chi connectivity index (χ4n) is 2.62. The van der Waals surface area contributed by atoms with Crippen molar-refractivity contribution in [2.45, 2.75) is 32.1 Å². The summed E-state index contributed by atoms with van der Waals surface area (Å²) in [6, 6.07) is 4.12. The van der Waals surface area contributed by atoms with Gasteiger partial charge in [-0.1, -0.05) is 12.1 Å². The average Bonchev–Trinajstić information content (AvgIpc) is 2.89. The van der Waals surface area contributed by atoms with E-state index >= 15 is 0 Å². The first kappa shape index (κ1) is 13.0. The van der Waals surface area contributed by atoms with Crippen LogP contribution in [-0.2, 0) is 25.7 Å². The van der Waals surface area contributed by atoms with Gasteiger partial charge in [0.15, 0.2) is 11.6 Å². The Morgan fingerprint density at radius 2 is 2.05 bits per heavy atom. The number of halogens is 2. The van der Waals surface area contributed by atoms with Crippen molar-refractivity contribution in [3.8, 4) is 0 Å². The molecule has 2 aromatic rings. The average molecular weight is 276 g/mol. The molecule has 1 aromatic carbocycles. The number of benzene rings is 1. The molecule has 0 radical (unpaired) electrons. The molecule has 0 amide bonds. The highest BCUT2D eigenvalue weighted by Crippen LogP contribution is 2.17. The van der Waals surface area contributed by atoms with Crippen LogP contribution in [0, 0.1) is 11.6 Å². The maximum Gasteiger partial charge on any atom is 0.276 e. The van der Waals surface area contributed by atoms with E-state index in [4.69, 9.17) is 0 Å². The third kappa shape index (κ3) is 2.35. The molecule has 1 aliphatic rings. The number of fused-ring (bicyclic) bond motifs is 1. The van der Waals surface area contributed by atoms with Gasteiger partial charge in [-0.25, -0.2) is 8.78 Å². The van der Waals surface area contributed by atoms with Crippen molar-refractivity contribution in [2.75, 3.05) is 0 Å². The summed E-state index contributed by atoms with van der Waals surface area (Å²) in [4.78, 5) is 18.9. The molecule has 1 aromatic heterocycles. The maximum atomic E-state index is 13.5. The van der Waals surface area contributed by atoms with Crippen molar-refractivity contribution >= 4 is 0 Å². The number of H-pyrrole nitrogens is 1. The quantitative estimate of drug-likeness (QED) is 0.935. The SMILES string of the molecule is O=c1nc(CCc2cccc(F)c2F)[nH]c2c1CCC2. The summed E-state index contributed by atoms with van der Waals surface area (Å²) in [5.74, 6) is -1.13. The highest BCUT2D eigenvalue weighted by Gasteiger charge is 2.17. The number of aryl methyl sites for hydroxylation is 3. The van der Waals surface area contributed by atoms with E-state index < -0.39 is 11.6 Å². The predicted molar refractivity (Wildman–Crippen MR) is 70.6 cm³/mol. The number of hydrogen-bond donors (Lipinski definition) is 1. The van der Waals surface area contributed by atoms with Crippen molar-refractivity contribution in [1.29, 1.82) is 0 Å². The summed E-state index contributed by atoms with van der Waals surface area (Å²) >= 11 is 0. The topological polar surface area (TPSA) is 45.8 Å². The van der Waals surface area contributed by atoms with Crippen LogP contribution < -0.4 is 5.56 Å². The van der Waals surface area contributed by atoms with E-state index in [1.165, 1.54) is 6.07 Å². The summed E-state index contributed by atoms with van der Waals surface area (Å²) in [5, 5.41) is 0. The molecule has 5 heteroatoms. The van der Waals surface area contributed by atoms with Gasteiger partial charge in [0.2, 0.25) is 0 Å². The third-order valence-electron chi connectivity index (χ3n) is 3.67. The first-order chi connectivity index (χ1) is 9.65. The second-order valence-electron chi connectivity index (χ2n) is 5.01. The Morgan fingerprint density at radius 1 is 1.20 bits per heavy atom. The van der Waals surface area contributed by atoms with E-state index in [1.807, 2.05) is 0 Å². The zero-order valence-corrected chi connectivity index (χ0v) is 10.9. The minimum absolute atomic E-state index is 0.189. The summed E-state index contributed by atoms with van der Waals surface area (Å²) < 4.78 is 26.6. The molecular formula is C15H14F2N2O. The van der Waals surface area contributed by atoms with E-state index in [-0.39, 0.29) is 5.56 Å². The lowest BCUT2D eigenvalue weighted by atomic mass is 10.1. The number of nitrogens with zero attached hydrogens (tertiary/aromatic N) is 1. The van der Waals surface area contributed by atoms with E-state index in [2.05, 4.69) is 9.97 Å². The first-order valence-corrected chi connectivity index (χ1v) is 6.69. The van der Waals surface area contributed by atoms with Gasteiger partial charge in [-0.15, -0.1) is 0 Å². The monoisotopic (exact) mass is 276 g/mol. The van der Waals surface area contributed by atoms with Gasteiger partial charge in [-0.3, -0.25) is 4.79 Å². The van der Waals surface area contributed by atoms with E-state index in [1.54, 1.807) is 6.07 Å². The van der Waals surface area contributed by atoms with Crippen LogP contribution in [0.2, 0.25) is 0 Å². The van der Waals surface area contributed by atoms with Gasteiger partial charge in [0.1, 0.15) is 5.82 Å². The molecule has 0 saturated carbocycles. The van der Waals surface area contributed by atoms with Gasteiger partial charge >= 0.3 is 0 Å². The molecule has 0 saturated heterocycles. The smallest absolute Gasteiger partial charge is 0.276 e. The lowest BCUT2D eigenvalue weighted by Gasteiger charge is -2.06. The Balaban J connectivity index is 1.81. The molecule has 0 aliphatic heterocycles. The van der Waals surface area contributed by atoms with Gasteiger partial charge < -0.3 is 4.98 Å². The molecule has 0 unspecified atom stereocenters. The number of nitrogens with one attached hydrogen (secondary N) is 1. The molecule has 20 heavy (non-hydrogen) atoms. The lowest BCUT2D eigenvalue weighted by Crippen LogP contribution is -2.17. The zero-order chi connectivity index (χ0) is 14.1. The normalized spacial score (nSPS) is 13.5. The van der Waals surface area contributed by atoms with Crippen LogP contribution in [0.25, 0.3) is 0 Å². The molecule has 1 N–H and O–H groups in total. The molecule has 0 atom stereocenters.